The maximum absolute atomic E-state index is 14.8. The van der Waals surface area contributed by atoms with E-state index in [0.29, 0.717) is 48.5 Å². The molecule has 1 fully saturated rings. The van der Waals surface area contributed by atoms with Crippen molar-refractivity contribution in [2.75, 3.05) is 45.8 Å². The standard InChI is InChI=1S/C23H27F3N8O2/c1-35-10-9-32-7-6-17(16(24)12-32)27-23-28-22(36-2)21-15(5-8-33(21)30-23)14-3-4-18-19(11-14)34(31-29-18)13-20(25)26/h3-5,8,11,16-17,20H,6-7,9-10,12-13H2,1-2H3,(H,27,30)/t16-,17+/m0/s1. The molecule has 2 atom stereocenters. The number of hydrogen-bond donors (Lipinski definition) is 1. The molecular weight excluding hydrogens is 477 g/mol. The molecular formula is C23H27F3N8O2. The van der Waals surface area contributed by atoms with Crippen LogP contribution in [0.1, 0.15) is 6.42 Å². The molecule has 0 saturated carbocycles. The number of alkyl halides is 3. The van der Waals surface area contributed by atoms with Gasteiger partial charge in [0.1, 0.15) is 23.7 Å². The molecule has 10 nitrogen and oxygen atoms in total. The molecule has 4 heterocycles. The average Bonchev–Trinajstić information content (AvgIpc) is 3.47. The van der Waals surface area contributed by atoms with Crippen LogP contribution in [-0.2, 0) is 11.3 Å². The van der Waals surface area contributed by atoms with Gasteiger partial charge in [0.15, 0.2) is 0 Å². The Morgan fingerprint density at radius 1 is 1.22 bits per heavy atom. The van der Waals surface area contributed by atoms with E-state index in [1.165, 1.54) is 11.8 Å². The van der Waals surface area contributed by atoms with Gasteiger partial charge in [-0.3, -0.25) is 4.90 Å². The molecule has 3 aromatic heterocycles. The van der Waals surface area contributed by atoms with Crippen molar-refractivity contribution in [2.45, 2.75) is 31.6 Å². The fraction of sp³-hybridized carbons (Fsp3) is 0.478. The summed E-state index contributed by atoms with van der Waals surface area (Å²) < 4.78 is 54.2. The van der Waals surface area contributed by atoms with Crippen LogP contribution in [0.5, 0.6) is 5.88 Å². The van der Waals surface area contributed by atoms with Gasteiger partial charge in [-0.25, -0.2) is 22.4 Å². The molecule has 0 aliphatic carbocycles. The summed E-state index contributed by atoms with van der Waals surface area (Å²) in [5.41, 5.74) is 3.11. The largest absolute Gasteiger partial charge is 0.479 e. The second kappa shape index (κ2) is 10.3. The predicted molar refractivity (Wildman–Crippen MR) is 127 cm³/mol. The molecule has 36 heavy (non-hydrogen) atoms. The highest BCUT2D eigenvalue weighted by atomic mass is 19.3. The molecule has 1 aliphatic heterocycles. The summed E-state index contributed by atoms with van der Waals surface area (Å²) in [4.78, 5) is 6.53. The second-order valence-corrected chi connectivity index (χ2v) is 8.68. The van der Waals surface area contributed by atoms with Crippen molar-refractivity contribution in [1.29, 1.82) is 0 Å². The molecule has 1 saturated heterocycles. The molecule has 0 bridgehead atoms. The molecule has 0 unspecified atom stereocenters. The lowest BCUT2D eigenvalue weighted by atomic mass is 10.0. The fourth-order valence-corrected chi connectivity index (χ4v) is 4.55. The Morgan fingerprint density at radius 3 is 2.83 bits per heavy atom. The molecule has 0 radical (unpaired) electrons. The Bertz CT molecular complexity index is 1340. The first kappa shape index (κ1) is 24.3. The van der Waals surface area contributed by atoms with E-state index in [4.69, 9.17) is 9.47 Å². The van der Waals surface area contributed by atoms with Gasteiger partial charge in [-0.15, -0.1) is 10.2 Å². The van der Waals surface area contributed by atoms with Crippen LogP contribution < -0.4 is 10.1 Å². The maximum atomic E-state index is 14.8. The minimum Gasteiger partial charge on any atom is -0.479 e. The van der Waals surface area contributed by atoms with Gasteiger partial charge in [0.2, 0.25) is 11.8 Å². The van der Waals surface area contributed by atoms with Gasteiger partial charge in [-0.2, -0.15) is 4.98 Å². The Labute approximate surface area is 205 Å². The zero-order valence-corrected chi connectivity index (χ0v) is 19.9. The van der Waals surface area contributed by atoms with Crippen molar-refractivity contribution < 1.29 is 22.6 Å². The highest BCUT2D eigenvalue weighted by Gasteiger charge is 2.30. The highest BCUT2D eigenvalue weighted by Crippen LogP contribution is 2.33. The summed E-state index contributed by atoms with van der Waals surface area (Å²) in [6, 6.07) is 6.72. The lowest BCUT2D eigenvalue weighted by Gasteiger charge is -2.34. The number of aromatic nitrogens is 6. The first-order chi connectivity index (χ1) is 17.5. The van der Waals surface area contributed by atoms with Crippen LogP contribution in [0.15, 0.2) is 30.5 Å². The number of piperidine rings is 1. The van der Waals surface area contributed by atoms with Crippen LogP contribution in [0.2, 0.25) is 0 Å². The van der Waals surface area contributed by atoms with E-state index in [1.807, 2.05) is 17.0 Å². The zero-order chi connectivity index (χ0) is 25.2. The SMILES string of the molecule is COCCN1CC[C@@H](Nc2nc(OC)c3c(-c4ccc5nnn(CC(F)F)c5c4)ccn3n2)[C@@H](F)C1. The summed E-state index contributed by atoms with van der Waals surface area (Å²) in [7, 11) is 3.13. The van der Waals surface area contributed by atoms with Crippen molar-refractivity contribution in [2.24, 2.45) is 0 Å². The minimum atomic E-state index is -2.55. The van der Waals surface area contributed by atoms with Gasteiger partial charge in [-0.1, -0.05) is 11.3 Å². The van der Waals surface area contributed by atoms with E-state index in [2.05, 4.69) is 25.7 Å². The van der Waals surface area contributed by atoms with Crippen LogP contribution >= 0.6 is 0 Å². The number of rotatable bonds is 9. The van der Waals surface area contributed by atoms with E-state index >= 15 is 0 Å². The van der Waals surface area contributed by atoms with Gasteiger partial charge in [0, 0.05) is 38.5 Å². The monoisotopic (exact) mass is 504 g/mol. The minimum absolute atomic E-state index is 0.258. The van der Waals surface area contributed by atoms with Crippen molar-refractivity contribution in [3.63, 3.8) is 0 Å². The maximum Gasteiger partial charge on any atom is 0.258 e. The second-order valence-electron chi connectivity index (χ2n) is 8.68. The van der Waals surface area contributed by atoms with Gasteiger partial charge in [-0.05, 0) is 30.2 Å². The number of fused-ring (bicyclic) bond motifs is 2. The Balaban J connectivity index is 1.42. The summed E-state index contributed by atoms with van der Waals surface area (Å²) in [5, 5.41) is 15.4. The number of nitrogens with zero attached hydrogens (tertiary/aromatic N) is 7. The normalized spacial score (nSPS) is 18.9. The van der Waals surface area contributed by atoms with E-state index in [1.54, 1.807) is 30.0 Å². The molecule has 1 aliphatic rings. The van der Waals surface area contributed by atoms with Crippen LogP contribution in [0.3, 0.4) is 0 Å². The number of halogens is 3. The number of nitrogens with one attached hydrogen (secondary N) is 1. The molecule has 1 N–H and O–H groups in total. The van der Waals surface area contributed by atoms with Crippen LogP contribution in [-0.4, -0.2) is 93.6 Å². The third kappa shape index (κ3) is 4.80. The lowest BCUT2D eigenvalue weighted by Crippen LogP contribution is -2.48. The Kier molecular flexibility index (Phi) is 6.92. The topological polar surface area (TPSA) is 94.6 Å². The van der Waals surface area contributed by atoms with E-state index in [9.17, 15) is 13.2 Å². The van der Waals surface area contributed by atoms with E-state index in [-0.39, 0.29) is 5.95 Å². The lowest BCUT2D eigenvalue weighted by molar-refractivity contribution is 0.0918. The van der Waals surface area contributed by atoms with Crippen molar-refractivity contribution in [3.05, 3.63) is 30.5 Å². The third-order valence-electron chi connectivity index (χ3n) is 6.36. The number of benzene rings is 1. The van der Waals surface area contributed by atoms with Gasteiger partial charge >= 0.3 is 0 Å². The summed E-state index contributed by atoms with van der Waals surface area (Å²) in [6.45, 7) is 1.77. The van der Waals surface area contributed by atoms with Crippen molar-refractivity contribution in [1.82, 2.24) is 34.5 Å². The summed E-state index contributed by atoms with van der Waals surface area (Å²) in [6.07, 6.45) is -1.28. The first-order valence-corrected chi connectivity index (χ1v) is 11.6. The quantitative estimate of drug-likeness (QED) is 0.372. The van der Waals surface area contributed by atoms with E-state index in [0.717, 1.165) is 17.7 Å². The smallest absolute Gasteiger partial charge is 0.258 e. The molecule has 5 rings (SSSR count). The van der Waals surface area contributed by atoms with Gasteiger partial charge in [0.25, 0.3) is 6.43 Å². The van der Waals surface area contributed by atoms with Gasteiger partial charge < -0.3 is 14.8 Å². The molecule has 1 aromatic carbocycles. The fourth-order valence-electron chi connectivity index (χ4n) is 4.55. The Hall–Kier alpha value is -3.45. The summed E-state index contributed by atoms with van der Waals surface area (Å²) >= 11 is 0. The number of anilines is 1. The number of likely N-dealkylation sites (tertiary alicyclic amines) is 1. The average molecular weight is 505 g/mol. The molecule has 13 heteroatoms. The predicted octanol–water partition coefficient (Wildman–Crippen LogP) is 2.89. The number of ether oxygens (including phenoxy) is 2. The van der Waals surface area contributed by atoms with Crippen molar-refractivity contribution in [3.8, 4) is 17.0 Å². The third-order valence-corrected chi connectivity index (χ3v) is 6.36. The number of methoxy groups -OCH3 is 2. The van der Waals surface area contributed by atoms with Crippen LogP contribution in [0, 0.1) is 0 Å². The zero-order valence-electron chi connectivity index (χ0n) is 19.9. The van der Waals surface area contributed by atoms with Crippen LogP contribution in [0.25, 0.3) is 27.7 Å². The Morgan fingerprint density at radius 2 is 2.08 bits per heavy atom. The van der Waals surface area contributed by atoms with Crippen molar-refractivity contribution >= 4 is 22.5 Å². The molecule has 4 aromatic rings. The molecule has 0 spiro atoms. The van der Waals surface area contributed by atoms with E-state index < -0.39 is 25.2 Å². The summed E-state index contributed by atoms with van der Waals surface area (Å²) in [5.74, 6) is 0.564. The van der Waals surface area contributed by atoms with Gasteiger partial charge in [0.05, 0.1) is 25.3 Å². The number of hydrogen-bond acceptors (Lipinski definition) is 8. The molecule has 192 valence electrons. The molecule has 0 amide bonds. The first-order valence-electron chi connectivity index (χ1n) is 11.6. The highest BCUT2D eigenvalue weighted by molar-refractivity contribution is 5.89. The van der Waals surface area contributed by atoms with Crippen LogP contribution in [0.4, 0.5) is 19.1 Å².